The molecular weight excluding hydrogens is 172 g/mol. The van der Waals surface area contributed by atoms with Crippen molar-refractivity contribution in [1.29, 1.82) is 10.5 Å². The lowest BCUT2D eigenvalue weighted by atomic mass is 10.1. The fourth-order valence-corrected chi connectivity index (χ4v) is 1.04. The van der Waals surface area contributed by atoms with Crippen LogP contribution >= 0.6 is 0 Å². The molecule has 0 spiro atoms. The Morgan fingerprint density at radius 2 is 1.79 bits per heavy atom. The molecule has 0 amide bonds. The van der Waals surface area contributed by atoms with Crippen LogP contribution in [0.2, 0.25) is 0 Å². The Kier molecular flexibility index (Phi) is 3.98. The largest absolute Gasteiger partial charge is 0.197 e. The van der Waals surface area contributed by atoms with Gasteiger partial charge in [-0.2, -0.15) is 10.5 Å². The molecule has 0 aromatic heterocycles. The third-order valence-corrected chi connectivity index (χ3v) is 1.79. The van der Waals surface area contributed by atoms with Crippen molar-refractivity contribution in [2.75, 3.05) is 0 Å². The Balaban J connectivity index is 2.51. The molecule has 0 radical (unpaired) electrons. The van der Waals surface area contributed by atoms with E-state index in [1.165, 1.54) is 0 Å². The SMILES string of the molecule is N#CC(C#N)C/C=C\c1ccccc1. The molecule has 0 atom stereocenters. The summed E-state index contributed by atoms with van der Waals surface area (Å²) in [6, 6.07) is 13.7. The maximum absolute atomic E-state index is 8.52. The van der Waals surface area contributed by atoms with Crippen molar-refractivity contribution in [3.63, 3.8) is 0 Å². The second-order valence-electron chi connectivity index (χ2n) is 2.86. The fourth-order valence-electron chi connectivity index (χ4n) is 1.04. The van der Waals surface area contributed by atoms with Crippen LogP contribution in [0, 0.1) is 28.6 Å². The zero-order valence-corrected chi connectivity index (χ0v) is 7.72. The van der Waals surface area contributed by atoms with E-state index in [1.54, 1.807) is 0 Å². The molecule has 2 heteroatoms. The first kappa shape index (κ1) is 10.0. The summed E-state index contributed by atoms with van der Waals surface area (Å²) < 4.78 is 0. The van der Waals surface area contributed by atoms with Gasteiger partial charge in [-0.25, -0.2) is 0 Å². The molecule has 68 valence electrons. The van der Waals surface area contributed by atoms with Gasteiger partial charge in [-0.05, 0) is 12.0 Å². The van der Waals surface area contributed by atoms with E-state index in [2.05, 4.69) is 0 Å². The van der Waals surface area contributed by atoms with Crippen LogP contribution in [0.25, 0.3) is 6.08 Å². The average Bonchev–Trinajstić information content (AvgIpc) is 2.26. The molecule has 0 unspecified atom stereocenters. The molecule has 1 rings (SSSR count). The van der Waals surface area contributed by atoms with Crippen molar-refractivity contribution in [2.45, 2.75) is 6.42 Å². The normalized spacial score (nSPS) is 9.93. The lowest BCUT2D eigenvalue weighted by Crippen LogP contribution is -1.88. The van der Waals surface area contributed by atoms with E-state index >= 15 is 0 Å². The van der Waals surface area contributed by atoms with Crippen molar-refractivity contribution in [3.05, 3.63) is 42.0 Å². The lowest BCUT2D eigenvalue weighted by Gasteiger charge is -1.92. The second kappa shape index (κ2) is 5.56. The topological polar surface area (TPSA) is 47.6 Å². The van der Waals surface area contributed by atoms with Crippen LogP contribution in [0.4, 0.5) is 0 Å². The second-order valence-corrected chi connectivity index (χ2v) is 2.86. The van der Waals surface area contributed by atoms with Crippen molar-refractivity contribution in [1.82, 2.24) is 0 Å². The van der Waals surface area contributed by atoms with Crippen molar-refractivity contribution in [2.24, 2.45) is 5.92 Å². The first-order valence-corrected chi connectivity index (χ1v) is 4.37. The molecule has 0 saturated heterocycles. The summed E-state index contributed by atoms with van der Waals surface area (Å²) in [5.74, 6) is -0.532. The van der Waals surface area contributed by atoms with Crippen LogP contribution in [0.1, 0.15) is 12.0 Å². The van der Waals surface area contributed by atoms with E-state index in [0.717, 1.165) is 5.56 Å². The predicted octanol–water partition coefficient (Wildman–Crippen LogP) is 2.75. The molecule has 0 aliphatic heterocycles. The highest BCUT2D eigenvalue weighted by molar-refractivity contribution is 5.48. The highest BCUT2D eigenvalue weighted by Crippen LogP contribution is 2.05. The molecule has 2 nitrogen and oxygen atoms in total. The Morgan fingerprint density at radius 1 is 1.14 bits per heavy atom. The van der Waals surface area contributed by atoms with Crippen molar-refractivity contribution in [3.8, 4) is 12.1 Å². The number of hydrogen-bond donors (Lipinski definition) is 0. The van der Waals surface area contributed by atoms with Gasteiger partial charge in [-0.1, -0.05) is 42.5 Å². The standard InChI is InChI=1S/C12H10N2/c13-9-12(10-14)8-4-7-11-5-2-1-3-6-11/h1-7,12H,8H2/b7-4-. The molecule has 0 heterocycles. The first-order valence-electron chi connectivity index (χ1n) is 4.37. The number of nitrogens with zero attached hydrogens (tertiary/aromatic N) is 2. The molecule has 1 aromatic rings. The number of rotatable bonds is 3. The van der Waals surface area contributed by atoms with Crippen LogP contribution in [0.3, 0.4) is 0 Å². The highest BCUT2D eigenvalue weighted by Gasteiger charge is 2.00. The van der Waals surface area contributed by atoms with E-state index in [1.807, 2.05) is 54.6 Å². The molecule has 0 saturated carbocycles. The van der Waals surface area contributed by atoms with Gasteiger partial charge in [0.1, 0.15) is 5.92 Å². The zero-order valence-electron chi connectivity index (χ0n) is 7.72. The van der Waals surface area contributed by atoms with Crippen LogP contribution in [-0.2, 0) is 0 Å². The van der Waals surface area contributed by atoms with Crippen LogP contribution in [-0.4, -0.2) is 0 Å². The molecule has 0 fully saturated rings. The quantitative estimate of drug-likeness (QED) is 0.721. The molecule has 0 aliphatic carbocycles. The fraction of sp³-hybridized carbons (Fsp3) is 0.167. The van der Waals surface area contributed by atoms with E-state index < -0.39 is 5.92 Å². The summed E-state index contributed by atoms with van der Waals surface area (Å²) in [6.45, 7) is 0. The summed E-state index contributed by atoms with van der Waals surface area (Å²) >= 11 is 0. The Bertz CT molecular complexity index is 365. The molecule has 0 N–H and O–H groups in total. The van der Waals surface area contributed by atoms with Crippen molar-refractivity contribution >= 4 is 6.08 Å². The number of allylic oxidation sites excluding steroid dienone is 1. The van der Waals surface area contributed by atoms with Crippen LogP contribution < -0.4 is 0 Å². The number of nitriles is 2. The van der Waals surface area contributed by atoms with Gasteiger partial charge < -0.3 is 0 Å². The van der Waals surface area contributed by atoms with E-state index in [0.29, 0.717) is 6.42 Å². The summed E-state index contributed by atoms with van der Waals surface area (Å²) in [4.78, 5) is 0. The van der Waals surface area contributed by atoms with Crippen LogP contribution in [0.5, 0.6) is 0 Å². The Morgan fingerprint density at radius 3 is 2.36 bits per heavy atom. The van der Waals surface area contributed by atoms with Gasteiger partial charge in [0.15, 0.2) is 0 Å². The van der Waals surface area contributed by atoms with E-state index in [9.17, 15) is 0 Å². The van der Waals surface area contributed by atoms with Gasteiger partial charge in [-0.15, -0.1) is 0 Å². The minimum Gasteiger partial charge on any atom is -0.197 e. The summed E-state index contributed by atoms with van der Waals surface area (Å²) in [5, 5.41) is 17.0. The lowest BCUT2D eigenvalue weighted by molar-refractivity contribution is 0.865. The Labute approximate surface area is 83.7 Å². The molecule has 1 aromatic carbocycles. The third-order valence-electron chi connectivity index (χ3n) is 1.79. The van der Waals surface area contributed by atoms with Gasteiger partial charge in [0.2, 0.25) is 0 Å². The first-order chi connectivity index (χ1) is 6.86. The van der Waals surface area contributed by atoms with E-state index in [-0.39, 0.29) is 0 Å². The van der Waals surface area contributed by atoms with Gasteiger partial charge >= 0.3 is 0 Å². The molecule has 0 aliphatic rings. The third kappa shape index (κ3) is 3.13. The predicted molar refractivity (Wildman–Crippen MR) is 54.8 cm³/mol. The average molecular weight is 182 g/mol. The summed E-state index contributed by atoms with van der Waals surface area (Å²) in [6.07, 6.45) is 4.26. The molecular formula is C12H10N2. The maximum Gasteiger partial charge on any atom is 0.136 e. The molecule has 0 bridgehead atoms. The smallest absolute Gasteiger partial charge is 0.136 e. The van der Waals surface area contributed by atoms with Crippen LogP contribution in [0.15, 0.2) is 36.4 Å². The minimum absolute atomic E-state index is 0.488. The summed E-state index contributed by atoms with van der Waals surface area (Å²) in [7, 11) is 0. The van der Waals surface area contributed by atoms with E-state index in [4.69, 9.17) is 10.5 Å². The van der Waals surface area contributed by atoms with Gasteiger partial charge in [-0.3, -0.25) is 0 Å². The van der Waals surface area contributed by atoms with Gasteiger partial charge in [0.05, 0.1) is 12.1 Å². The van der Waals surface area contributed by atoms with Gasteiger partial charge in [0.25, 0.3) is 0 Å². The summed E-state index contributed by atoms with van der Waals surface area (Å²) in [5.41, 5.74) is 1.09. The number of hydrogen-bond acceptors (Lipinski definition) is 2. The zero-order chi connectivity index (χ0) is 10.2. The minimum atomic E-state index is -0.532. The van der Waals surface area contributed by atoms with Gasteiger partial charge in [0, 0.05) is 0 Å². The Hall–Kier alpha value is -2.06. The maximum atomic E-state index is 8.52. The number of benzene rings is 1. The molecule has 14 heavy (non-hydrogen) atoms. The van der Waals surface area contributed by atoms with Crippen molar-refractivity contribution < 1.29 is 0 Å². The highest BCUT2D eigenvalue weighted by atomic mass is 14.3. The monoisotopic (exact) mass is 182 g/mol.